The average molecular weight is 622 g/mol. The van der Waals surface area contributed by atoms with E-state index < -0.39 is 21.1 Å². The SMILES string of the molecule is COc1cc(C=Nn2c(-c3cc4c(OC)cccc4o3)nc3ccccc3c2=O)cc([N+](=O)[O-])c1OCc1cccc([N+](=O)[O-])c1. The predicted octanol–water partition coefficient (Wildman–Crippen LogP) is 6.10. The van der Waals surface area contributed by atoms with Crippen LogP contribution in [0.5, 0.6) is 17.2 Å². The van der Waals surface area contributed by atoms with Gasteiger partial charge in [0.1, 0.15) is 17.9 Å². The van der Waals surface area contributed by atoms with Crippen molar-refractivity contribution >= 4 is 39.5 Å². The molecule has 0 saturated carbocycles. The third-order valence-corrected chi connectivity index (χ3v) is 7.02. The van der Waals surface area contributed by atoms with E-state index in [1.165, 1.54) is 50.8 Å². The summed E-state index contributed by atoms with van der Waals surface area (Å²) >= 11 is 0. The van der Waals surface area contributed by atoms with Crippen molar-refractivity contribution in [2.24, 2.45) is 5.10 Å². The molecule has 4 aromatic carbocycles. The Morgan fingerprint density at radius 2 is 1.67 bits per heavy atom. The van der Waals surface area contributed by atoms with Gasteiger partial charge >= 0.3 is 5.69 Å². The van der Waals surface area contributed by atoms with Crippen molar-refractivity contribution in [1.82, 2.24) is 9.66 Å². The number of rotatable bonds is 10. The molecule has 2 aromatic heterocycles. The van der Waals surface area contributed by atoms with Crippen LogP contribution in [0.1, 0.15) is 11.1 Å². The standard InChI is InChI=1S/C32H23N5O9/c1-43-26-11-6-12-27-23(26)16-29(46-27)31-34-24-10-4-3-9-22(24)32(38)35(31)33-17-20-14-25(37(41)42)30(28(15-20)44-2)45-18-19-7-5-8-21(13-19)36(39)40/h3-17H,18H2,1-2H3. The molecule has 46 heavy (non-hydrogen) atoms. The molecule has 2 heterocycles. The molecule has 0 atom stereocenters. The Bertz CT molecular complexity index is 2240. The number of nitrogens with zero attached hydrogens (tertiary/aromatic N) is 5. The van der Waals surface area contributed by atoms with Crippen molar-refractivity contribution in [3.05, 3.63) is 127 Å². The van der Waals surface area contributed by atoms with E-state index in [0.29, 0.717) is 33.2 Å². The van der Waals surface area contributed by atoms with Crippen LogP contribution in [-0.2, 0) is 6.61 Å². The number of fused-ring (bicyclic) bond motifs is 2. The van der Waals surface area contributed by atoms with E-state index in [4.69, 9.17) is 18.6 Å². The number of methoxy groups -OCH3 is 2. The quantitative estimate of drug-likeness (QED) is 0.0986. The Labute approximate surface area is 259 Å². The van der Waals surface area contributed by atoms with Crippen molar-refractivity contribution in [3.8, 4) is 28.8 Å². The number of hydrogen-bond donors (Lipinski definition) is 0. The van der Waals surface area contributed by atoms with Crippen LogP contribution in [0.3, 0.4) is 0 Å². The summed E-state index contributed by atoms with van der Waals surface area (Å²) in [5.41, 5.74) is 0.479. The second kappa shape index (κ2) is 12.2. The smallest absolute Gasteiger partial charge is 0.315 e. The first-order valence-corrected chi connectivity index (χ1v) is 13.6. The highest BCUT2D eigenvalue weighted by atomic mass is 16.6. The third kappa shape index (κ3) is 5.57. The van der Waals surface area contributed by atoms with Gasteiger partial charge in [0.15, 0.2) is 11.5 Å². The molecule has 0 bridgehead atoms. The van der Waals surface area contributed by atoms with Gasteiger partial charge in [-0.15, -0.1) is 0 Å². The monoisotopic (exact) mass is 621 g/mol. The van der Waals surface area contributed by atoms with Crippen LogP contribution in [0, 0.1) is 20.2 Å². The maximum absolute atomic E-state index is 13.7. The van der Waals surface area contributed by atoms with Crippen LogP contribution in [0.25, 0.3) is 33.5 Å². The van der Waals surface area contributed by atoms with Crippen LogP contribution in [0.15, 0.2) is 99.2 Å². The van der Waals surface area contributed by atoms with Gasteiger partial charge in [0.05, 0.1) is 46.6 Å². The summed E-state index contributed by atoms with van der Waals surface area (Å²) < 4.78 is 23.7. The summed E-state index contributed by atoms with van der Waals surface area (Å²) in [6, 6.07) is 22.1. The molecule has 0 fully saturated rings. The maximum atomic E-state index is 13.7. The minimum atomic E-state index is -0.653. The molecule has 0 unspecified atom stereocenters. The summed E-state index contributed by atoms with van der Waals surface area (Å²) in [6.45, 7) is -0.198. The Hall–Kier alpha value is -6.57. The molecule has 0 spiro atoms. The van der Waals surface area contributed by atoms with Crippen LogP contribution in [0.2, 0.25) is 0 Å². The van der Waals surface area contributed by atoms with Crippen molar-refractivity contribution in [2.45, 2.75) is 6.61 Å². The lowest BCUT2D eigenvalue weighted by atomic mass is 10.1. The molecule has 14 nitrogen and oxygen atoms in total. The summed E-state index contributed by atoms with van der Waals surface area (Å²) in [5, 5.41) is 28.6. The Morgan fingerprint density at radius 1 is 0.891 bits per heavy atom. The van der Waals surface area contributed by atoms with Crippen molar-refractivity contribution < 1.29 is 28.5 Å². The summed E-state index contributed by atoms with van der Waals surface area (Å²) in [7, 11) is 2.85. The molecule has 6 aromatic rings. The number of hydrogen-bond acceptors (Lipinski definition) is 11. The molecule has 0 saturated heterocycles. The van der Waals surface area contributed by atoms with Gasteiger partial charge in [-0.05, 0) is 42.0 Å². The van der Waals surface area contributed by atoms with Gasteiger partial charge in [0.25, 0.3) is 11.2 Å². The highest BCUT2D eigenvalue weighted by Crippen LogP contribution is 2.39. The van der Waals surface area contributed by atoms with Crippen LogP contribution in [0.4, 0.5) is 11.4 Å². The molecule has 0 aliphatic rings. The van der Waals surface area contributed by atoms with Gasteiger partial charge in [-0.2, -0.15) is 9.78 Å². The lowest BCUT2D eigenvalue weighted by Gasteiger charge is -2.12. The van der Waals surface area contributed by atoms with E-state index in [1.54, 1.807) is 54.6 Å². The van der Waals surface area contributed by atoms with E-state index in [-0.39, 0.29) is 40.9 Å². The van der Waals surface area contributed by atoms with Crippen LogP contribution >= 0.6 is 0 Å². The largest absolute Gasteiger partial charge is 0.496 e. The fraction of sp³-hybridized carbons (Fsp3) is 0.0938. The summed E-state index contributed by atoms with van der Waals surface area (Å²) in [5.74, 6) is 0.731. The maximum Gasteiger partial charge on any atom is 0.315 e. The number of para-hydroxylation sites is 1. The highest BCUT2D eigenvalue weighted by Gasteiger charge is 2.23. The van der Waals surface area contributed by atoms with E-state index in [0.717, 1.165) is 4.68 Å². The Balaban J connectivity index is 1.42. The Morgan fingerprint density at radius 3 is 2.43 bits per heavy atom. The molecule has 0 N–H and O–H groups in total. The molecule has 0 aliphatic heterocycles. The first-order chi connectivity index (χ1) is 22.3. The number of non-ortho nitro benzene ring substituents is 1. The molecule has 0 aliphatic carbocycles. The normalized spacial score (nSPS) is 11.3. The van der Waals surface area contributed by atoms with Gasteiger partial charge < -0.3 is 18.6 Å². The summed E-state index contributed by atoms with van der Waals surface area (Å²) in [4.78, 5) is 40.4. The van der Waals surface area contributed by atoms with Crippen molar-refractivity contribution in [1.29, 1.82) is 0 Å². The number of aromatic nitrogens is 2. The van der Waals surface area contributed by atoms with Crippen LogP contribution < -0.4 is 19.8 Å². The number of nitro groups is 2. The number of benzene rings is 4. The predicted molar refractivity (Wildman–Crippen MR) is 168 cm³/mol. The van der Waals surface area contributed by atoms with Crippen LogP contribution in [-0.4, -0.2) is 39.9 Å². The van der Waals surface area contributed by atoms with E-state index in [9.17, 15) is 25.0 Å². The lowest BCUT2D eigenvalue weighted by Crippen LogP contribution is -2.20. The van der Waals surface area contributed by atoms with Crippen molar-refractivity contribution in [3.63, 3.8) is 0 Å². The first kappa shape index (κ1) is 29.5. The van der Waals surface area contributed by atoms with Gasteiger partial charge in [-0.1, -0.05) is 30.3 Å². The minimum absolute atomic E-state index is 0.00895. The molecule has 0 amide bonds. The van der Waals surface area contributed by atoms with Gasteiger partial charge in [0, 0.05) is 23.8 Å². The van der Waals surface area contributed by atoms with Gasteiger partial charge in [0.2, 0.25) is 11.6 Å². The van der Waals surface area contributed by atoms with E-state index >= 15 is 0 Å². The second-order valence-electron chi connectivity index (χ2n) is 9.84. The topological polar surface area (TPSA) is 174 Å². The molecular formula is C32H23N5O9. The summed E-state index contributed by atoms with van der Waals surface area (Å²) in [6.07, 6.45) is 1.25. The minimum Gasteiger partial charge on any atom is -0.496 e. The Kier molecular flexibility index (Phi) is 7.82. The van der Waals surface area contributed by atoms with E-state index in [1.807, 2.05) is 0 Å². The zero-order valence-electron chi connectivity index (χ0n) is 24.3. The fourth-order valence-corrected chi connectivity index (χ4v) is 4.87. The van der Waals surface area contributed by atoms with E-state index in [2.05, 4.69) is 10.1 Å². The zero-order valence-corrected chi connectivity index (χ0v) is 24.3. The van der Waals surface area contributed by atoms with Gasteiger partial charge in [-0.3, -0.25) is 25.0 Å². The molecule has 230 valence electrons. The second-order valence-corrected chi connectivity index (χ2v) is 9.84. The number of nitro benzene ring substituents is 2. The average Bonchev–Trinajstić information content (AvgIpc) is 3.51. The van der Waals surface area contributed by atoms with Gasteiger partial charge in [-0.25, -0.2) is 4.98 Å². The van der Waals surface area contributed by atoms with Crippen molar-refractivity contribution in [2.75, 3.05) is 14.2 Å². The molecule has 14 heteroatoms. The fourth-order valence-electron chi connectivity index (χ4n) is 4.87. The first-order valence-electron chi connectivity index (χ1n) is 13.6. The third-order valence-electron chi connectivity index (χ3n) is 7.02. The number of furan rings is 1. The zero-order chi connectivity index (χ0) is 32.4. The molecular weight excluding hydrogens is 598 g/mol. The lowest BCUT2D eigenvalue weighted by molar-refractivity contribution is -0.386. The molecule has 0 radical (unpaired) electrons. The highest BCUT2D eigenvalue weighted by molar-refractivity contribution is 5.89. The molecule has 6 rings (SSSR count). The number of ether oxygens (including phenoxy) is 3.